The van der Waals surface area contributed by atoms with Gasteiger partial charge < -0.3 is 10.2 Å². The molecule has 0 aromatic carbocycles. The molecule has 118 valence electrons. The molecule has 1 saturated heterocycles. The van der Waals surface area contributed by atoms with Crippen LogP contribution in [0.2, 0.25) is 0 Å². The number of hydrogen-bond acceptors (Lipinski definition) is 7. The number of hydrogen-bond donors (Lipinski definition) is 1. The Hall–Kier alpha value is -1.73. The molecule has 0 aliphatic carbocycles. The van der Waals surface area contributed by atoms with Gasteiger partial charge in [-0.05, 0) is 13.3 Å². The first-order valence-corrected chi connectivity index (χ1v) is 8.37. The molecular formula is C15H22N6S. The lowest BCUT2D eigenvalue weighted by Gasteiger charge is -2.17. The van der Waals surface area contributed by atoms with Gasteiger partial charge in [-0.15, -0.1) is 11.3 Å². The highest BCUT2D eigenvalue weighted by Gasteiger charge is 2.23. The first kappa shape index (κ1) is 15.2. The van der Waals surface area contributed by atoms with Crippen molar-refractivity contribution >= 4 is 23.0 Å². The fourth-order valence-electron chi connectivity index (χ4n) is 2.65. The molecule has 2 aromatic rings. The van der Waals surface area contributed by atoms with Crippen molar-refractivity contribution in [3.05, 3.63) is 28.5 Å². The minimum atomic E-state index is 0.443. The predicted octanol–water partition coefficient (Wildman–Crippen LogP) is 1.99. The molecule has 1 N–H and O–H groups in total. The summed E-state index contributed by atoms with van der Waals surface area (Å²) in [7, 11) is 3.97. The third-order valence-corrected chi connectivity index (χ3v) is 4.87. The van der Waals surface area contributed by atoms with E-state index in [2.05, 4.69) is 32.1 Å². The van der Waals surface area contributed by atoms with Crippen molar-refractivity contribution in [1.29, 1.82) is 0 Å². The van der Waals surface area contributed by atoms with E-state index < -0.39 is 0 Å². The second kappa shape index (κ2) is 6.58. The zero-order chi connectivity index (χ0) is 15.5. The van der Waals surface area contributed by atoms with Crippen molar-refractivity contribution in [3.63, 3.8) is 0 Å². The Balaban J connectivity index is 1.57. The SMILES string of the molecule is Cc1ncsc1CN1CCC(Nc2cc(N(C)C)ncn2)C1. The van der Waals surface area contributed by atoms with Gasteiger partial charge >= 0.3 is 0 Å². The lowest BCUT2D eigenvalue weighted by molar-refractivity contribution is 0.330. The predicted molar refractivity (Wildman–Crippen MR) is 90.5 cm³/mol. The standard InChI is InChI=1S/C15H22N6S/c1-11-13(22-10-18-11)8-21-5-4-12(7-21)19-14-6-15(20(2)3)17-9-16-14/h6,9-10,12H,4-5,7-8H2,1-3H3,(H,16,17,19). The van der Waals surface area contributed by atoms with E-state index in [1.807, 2.05) is 30.6 Å². The Morgan fingerprint density at radius 3 is 2.95 bits per heavy atom. The molecule has 1 fully saturated rings. The van der Waals surface area contributed by atoms with Crippen molar-refractivity contribution in [2.24, 2.45) is 0 Å². The fraction of sp³-hybridized carbons (Fsp3) is 0.533. The second-order valence-corrected chi connectivity index (χ2v) is 6.82. The zero-order valence-corrected chi connectivity index (χ0v) is 14.1. The first-order valence-electron chi connectivity index (χ1n) is 7.49. The van der Waals surface area contributed by atoms with Gasteiger partial charge in [-0.2, -0.15) is 0 Å². The van der Waals surface area contributed by atoms with Crippen molar-refractivity contribution in [2.75, 3.05) is 37.4 Å². The highest BCUT2D eigenvalue weighted by atomic mass is 32.1. The molecule has 0 spiro atoms. The van der Waals surface area contributed by atoms with E-state index in [9.17, 15) is 0 Å². The molecule has 0 saturated carbocycles. The van der Waals surface area contributed by atoms with E-state index in [0.717, 1.165) is 43.4 Å². The minimum Gasteiger partial charge on any atom is -0.366 e. The number of thiazole rings is 1. The smallest absolute Gasteiger partial charge is 0.133 e. The minimum absolute atomic E-state index is 0.443. The van der Waals surface area contributed by atoms with Gasteiger partial charge in [0.15, 0.2) is 0 Å². The monoisotopic (exact) mass is 318 g/mol. The van der Waals surface area contributed by atoms with Crippen molar-refractivity contribution < 1.29 is 0 Å². The summed E-state index contributed by atoms with van der Waals surface area (Å²) in [5, 5.41) is 3.53. The van der Waals surface area contributed by atoms with Crippen LogP contribution in [0.4, 0.5) is 11.6 Å². The summed E-state index contributed by atoms with van der Waals surface area (Å²) < 4.78 is 0. The van der Waals surface area contributed by atoms with Crippen LogP contribution in [0.25, 0.3) is 0 Å². The van der Waals surface area contributed by atoms with Gasteiger partial charge in [0.05, 0.1) is 11.2 Å². The number of nitrogens with one attached hydrogen (secondary N) is 1. The van der Waals surface area contributed by atoms with Gasteiger partial charge in [0.1, 0.15) is 18.0 Å². The lowest BCUT2D eigenvalue weighted by Crippen LogP contribution is -2.26. The lowest BCUT2D eigenvalue weighted by atomic mass is 10.2. The van der Waals surface area contributed by atoms with E-state index >= 15 is 0 Å². The average molecular weight is 318 g/mol. The van der Waals surface area contributed by atoms with Crippen molar-refractivity contribution in [2.45, 2.75) is 25.9 Å². The summed E-state index contributed by atoms with van der Waals surface area (Å²) in [5.41, 5.74) is 3.09. The summed E-state index contributed by atoms with van der Waals surface area (Å²) in [6.07, 6.45) is 2.75. The van der Waals surface area contributed by atoms with Crippen LogP contribution in [0.3, 0.4) is 0 Å². The Labute approximate surface area is 135 Å². The summed E-state index contributed by atoms with van der Waals surface area (Å²) in [5.74, 6) is 1.83. The number of rotatable bonds is 5. The van der Waals surface area contributed by atoms with Gasteiger partial charge in [-0.3, -0.25) is 4.90 Å². The van der Waals surface area contributed by atoms with E-state index in [0.29, 0.717) is 6.04 Å². The molecule has 1 aliphatic rings. The molecule has 3 heterocycles. The maximum absolute atomic E-state index is 4.33. The van der Waals surface area contributed by atoms with Crippen LogP contribution in [0.1, 0.15) is 17.0 Å². The van der Waals surface area contributed by atoms with Crippen LogP contribution in [-0.2, 0) is 6.54 Å². The van der Waals surface area contributed by atoms with Crippen LogP contribution >= 0.6 is 11.3 Å². The van der Waals surface area contributed by atoms with E-state index in [1.165, 1.54) is 4.88 Å². The maximum atomic E-state index is 4.33. The molecular weight excluding hydrogens is 296 g/mol. The van der Waals surface area contributed by atoms with Gasteiger partial charge in [-0.1, -0.05) is 0 Å². The van der Waals surface area contributed by atoms with Gasteiger partial charge in [0.2, 0.25) is 0 Å². The molecule has 7 heteroatoms. The highest BCUT2D eigenvalue weighted by molar-refractivity contribution is 7.09. The number of anilines is 2. The van der Waals surface area contributed by atoms with Gasteiger partial charge in [0.25, 0.3) is 0 Å². The number of likely N-dealkylation sites (tertiary alicyclic amines) is 1. The molecule has 1 atom stereocenters. The summed E-state index contributed by atoms with van der Waals surface area (Å²) in [6, 6.07) is 2.44. The summed E-state index contributed by atoms with van der Waals surface area (Å²) in [6.45, 7) is 5.24. The number of nitrogens with zero attached hydrogens (tertiary/aromatic N) is 5. The van der Waals surface area contributed by atoms with Gasteiger partial charge in [0, 0.05) is 50.7 Å². The number of aryl methyl sites for hydroxylation is 1. The van der Waals surface area contributed by atoms with Crippen LogP contribution < -0.4 is 10.2 Å². The normalized spacial score (nSPS) is 18.6. The highest BCUT2D eigenvalue weighted by Crippen LogP contribution is 2.21. The van der Waals surface area contributed by atoms with Crippen LogP contribution in [-0.4, -0.2) is 53.1 Å². The third-order valence-electron chi connectivity index (χ3n) is 3.95. The molecule has 2 aromatic heterocycles. The van der Waals surface area contributed by atoms with E-state index in [-0.39, 0.29) is 0 Å². The largest absolute Gasteiger partial charge is 0.366 e. The molecule has 0 radical (unpaired) electrons. The van der Waals surface area contributed by atoms with Crippen LogP contribution in [0.5, 0.6) is 0 Å². The van der Waals surface area contributed by atoms with Crippen LogP contribution in [0.15, 0.2) is 17.9 Å². The van der Waals surface area contributed by atoms with Crippen LogP contribution in [0, 0.1) is 6.92 Å². The zero-order valence-electron chi connectivity index (χ0n) is 13.3. The second-order valence-electron chi connectivity index (χ2n) is 5.88. The summed E-state index contributed by atoms with van der Waals surface area (Å²) >= 11 is 1.75. The molecule has 1 unspecified atom stereocenters. The Morgan fingerprint density at radius 1 is 1.36 bits per heavy atom. The first-order chi connectivity index (χ1) is 10.6. The maximum Gasteiger partial charge on any atom is 0.133 e. The molecule has 3 rings (SSSR count). The fourth-order valence-corrected chi connectivity index (χ4v) is 3.47. The topological polar surface area (TPSA) is 57.2 Å². The van der Waals surface area contributed by atoms with Crippen molar-refractivity contribution in [3.8, 4) is 0 Å². The third kappa shape index (κ3) is 3.53. The molecule has 0 bridgehead atoms. The average Bonchev–Trinajstić information content (AvgIpc) is 3.10. The molecule has 6 nitrogen and oxygen atoms in total. The molecule has 22 heavy (non-hydrogen) atoms. The molecule has 1 aliphatic heterocycles. The molecule has 0 amide bonds. The van der Waals surface area contributed by atoms with E-state index in [4.69, 9.17) is 0 Å². The Kier molecular flexibility index (Phi) is 4.54. The van der Waals surface area contributed by atoms with Gasteiger partial charge in [-0.25, -0.2) is 15.0 Å². The quantitative estimate of drug-likeness (QED) is 0.910. The van der Waals surface area contributed by atoms with Crippen molar-refractivity contribution in [1.82, 2.24) is 19.9 Å². The Bertz CT molecular complexity index is 626. The van der Waals surface area contributed by atoms with E-state index in [1.54, 1.807) is 17.7 Å². The number of aromatic nitrogens is 3. The summed E-state index contributed by atoms with van der Waals surface area (Å²) in [4.78, 5) is 18.7. The Morgan fingerprint density at radius 2 is 2.23 bits per heavy atom.